The summed E-state index contributed by atoms with van der Waals surface area (Å²) in [5, 5.41) is 0. The standard InChI is InChI=1S/C28H33N3O4/c32-26(30-13-9-22(10-14-30)8-12-29-16-18-35-19-17-29)23-6-7-24-25(20-23)28(34)31(27(24)33)15-11-21-4-2-1-3-5-21/h1-7,20,22H,8-19H2. The molecule has 0 unspecified atom stereocenters. The Bertz CT molecular complexity index is 1070. The van der Waals surface area contributed by atoms with Gasteiger partial charge >= 0.3 is 0 Å². The van der Waals surface area contributed by atoms with Gasteiger partial charge in [0, 0.05) is 38.3 Å². The van der Waals surface area contributed by atoms with Crippen molar-refractivity contribution in [2.75, 3.05) is 52.5 Å². The third-order valence-electron chi connectivity index (χ3n) is 7.54. The van der Waals surface area contributed by atoms with Crippen LogP contribution in [0.3, 0.4) is 0 Å². The van der Waals surface area contributed by atoms with Crippen molar-refractivity contribution in [3.8, 4) is 0 Å². The number of hydrogen-bond donors (Lipinski definition) is 0. The molecule has 0 aromatic heterocycles. The Morgan fingerprint density at radius 1 is 0.857 bits per heavy atom. The van der Waals surface area contributed by atoms with E-state index in [2.05, 4.69) is 4.90 Å². The second-order valence-corrected chi connectivity index (χ2v) is 9.74. The smallest absolute Gasteiger partial charge is 0.261 e. The number of imide groups is 1. The molecule has 0 bridgehead atoms. The zero-order chi connectivity index (χ0) is 24.2. The summed E-state index contributed by atoms with van der Waals surface area (Å²) in [5.41, 5.74) is 2.30. The van der Waals surface area contributed by atoms with Crippen molar-refractivity contribution < 1.29 is 19.1 Å². The van der Waals surface area contributed by atoms with Crippen LogP contribution in [0.1, 0.15) is 55.9 Å². The Labute approximate surface area is 206 Å². The fourth-order valence-corrected chi connectivity index (χ4v) is 5.31. The molecule has 3 aliphatic heterocycles. The number of rotatable bonds is 7. The molecule has 184 valence electrons. The van der Waals surface area contributed by atoms with Gasteiger partial charge < -0.3 is 9.64 Å². The topological polar surface area (TPSA) is 70.2 Å². The van der Waals surface area contributed by atoms with Gasteiger partial charge in [0.1, 0.15) is 0 Å². The molecular weight excluding hydrogens is 442 g/mol. The van der Waals surface area contributed by atoms with Crippen LogP contribution in [-0.2, 0) is 11.2 Å². The number of piperidine rings is 1. The van der Waals surface area contributed by atoms with Gasteiger partial charge in [-0.15, -0.1) is 0 Å². The summed E-state index contributed by atoms with van der Waals surface area (Å²) in [6.07, 6.45) is 3.78. The van der Waals surface area contributed by atoms with E-state index in [0.29, 0.717) is 35.6 Å². The summed E-state index contributed by atoms with van der Waals surface area (Å²) in [7, 11) is 0. The number of carbonyl (C=O) groups excluding carboxylic acids is 3. The van der Waals surface area contributed by atoms with Gasteiger partial charge in [0.2, 0.25) is 0 Å². The highest BCUT2D eigenvalue weighted by atomic mass is 16.5. The molecule has 35 heavy (non-hydrogen) atoms. The molecule has 5 rings (SSSR count). The summed E-state index contributed by atoms with van der Waals surface area (Å²) in [4.78, 5) is 44.7. The van der Waals surface area contributed by atoms with Crippen LogP contribution in [0.15, 0.2) is 48.5 Å². The zero-order valence-electron chi connectivity index (χ0n) is 20.2. The average Bonchev–Trinajstić information content (AvgIpc) is 3.15. The number of benzene rings is 2. The molecule has 0 saturated carbocycles. The highest BCUT2D eigenvalue weighted by Crippen LogP contribution is 2.27. The number of nitrogens with zero attached hydrogens (tertiary/aromatic N) is 3. The van der Waals surface area contributed by atoms with Gasteiger partial charge in [-0.05, 0) is 61.9 Å². The number of hydrogen-bond acceptors (Lipinski definition) is 5. The van der Waals surface area contributed by atoms with Crippen LogP contribution in [0.5, 0.6) is 0 Å². The van der Waals surface area contributed by atoms with Crippen molar-refractivity contribution in [2.45, 2.75) is 25.7 Å². The van der Waals surface area contributed by atoms with E-state index in [4.69, 9.17) is 4.74 Å². The lowest BCUT2D eigenvalue weighted by Crippen LogP contribution is -2.40. The Kier molecular flexibility index (Phi) is 7.25. The van der Waals surface area contributed by atoms with Crippen LogP contribution < -0.4 is 0 Å². The van der Waals surface area contributed by atoms with E-state index in [-0.39, 0.29) is 17.7 Å². The molecule has 0 atom stereocenters. The van der Waals surface area contributed by atoms with Crippen LogP contribution in [-0.4, -0.2) is 84.9 Å². The van der Waals surface area contributed by atoms with Crippen LogP contribution >= 0.6 is 0 Å². The molecule has 0 aliphatic carbocycles. The summed E-state index contributed by atoms with van der Waals surface area (Å²) in [5.74, 6) is 0.000107. The quantitative estimate of drug-likeness (QED) is 0.576. The number of morpholine rings is 1. The minimum Gasteiger partial charge on any atom is -0.379 e. The van der Waals surface area contributed by atoms with E-state index in [1.54, 1.807) is 18.2 Å². The highest BCUT2D eigenvalue weighted by Gasteiger charge is 2.36. The van der Waals surface area contributed by atoms with Gasteiger partial charge in [0.25, 0.3) is 17.7 Å². The summed E-state index contributed by atoms with van der Waals surface area (Å²) < 4.78 is 5.42. The van der Waals surface area contributed by atoms with Crippen molar-refractivity contribution in [1.29, 1.82) is 0 Å². The molecule has 0 spiro atoms. The molecule has 2 aromatic carbocycles. The summed E-state index contributed by atoms with van der Waals surface area (Å²) in [6.45, 7) is 6.58. The second kappa shape index (κ2) is 10.7. The minimum atomic E-state index is -0.308. The second-order valence-electron chi connectivity index (χ2n) is 9.74. The van der Waals surface area contributed by atoms with E-state index < -0.39 is 0 Å². The van der Waals surface area contributed by atoms with Gasteiger partial charge in [0.05, 0.1) is 24.3 Å². The SMILES string of the molecule is O=C(c1ccc2c(c1)C(=O)N(CCc1ccccc1)C2=O)N1CCC(CCN2CCOCC2)CC1. The number of fused-ring (bicyclic) bond motifs is 1. The first kappa shape index (κ1) is 23.7. The summed E-state index contributed by atoms with van der Waals surface area (Å²) in [6, 6.07) is 14.8. The van der Waals surface area contributed by atoms with E-state index in [0.717, 1.165) is 70.8 Å². The maximum Gasteiger partial charge on any atom is 0.261 e. The van der Waals surface area contributed by atoms with Gasteiger partial charge in [-0.25, -0.2) is 0 Å². The van der Waals surface area contributed by atoms with Crippen molar-refractivity contribution in [1.82, 2.24) is 14.7 Å². The number of carbonyl (C=O) groups is 3. The monoisotopic (exact) mass is 475 g/mol. The van der Waals surface area contributed by atoms with Gasteiger partial charge in [-0.2, -0.15) is 0 Å². The molecule has 7 heteroatoms. The molecule has 3 aliphatic rings. The van der Waals surface area contributed by atoms with Crippen molar-refractivity contribution in [3.63, 3.8) is 0 Å². The molecule has 2 saturated heterocycles. The molecule has 0 N–H and O–H groups in total. The van der Waals surface area contributed by atoms with Crippen LogP contribution in [0.2, 0.25) is 0 Å². The van der Waals surface area contributed by atoms with Gasteiger partial charge in [-0.1, -0.05) is 30.3 Å². The van der Waals surface area contributed by atoms with Crippen LogP contribution in [0, 0.1) is 5.92 Å². The molecule has 2 aromatic rings. The molecule has 2 fully saturated rings. The number of amides is 3. The van der Waals surface area contributed by atoms with E-state index >= 15 is 0 Å². The molecule has 3 amide bonds. The molecule has 3 heterocycles. The van der Waals surface area contributed by atoms with Gasteiger partial charge in [-0.3, -0.25) is 24.2 Å². The lowest BCUT2D eigenvalue weighted by Gasteiger charge is -2.34. The van der Waals surface area contributed by atoms with E-state index in [1.165, 1.54) is 4.90 Å². The predicted octanol–water partition coefficient (Wildman–Crippen LogP) is 3.10. The van der Waals surface area contributed by atoms with Gasteiger partial charge in [0.15, 0.2) is 0 Å². The number of ether oxygens (including phenoxy) is 1. The fraction of sp³-hybridized carbons (Fsp3) is 0.464. The van der Waals surface area contributed by atoms with Crippen LogP contribution in [0.25, 0.3) is 0 Å². The average molecular weight is 476 g/mol. The number of likely N-dealkylation sites (tertiary alicyclic amines) is 1. The lowest BCUT2D eigenvalue weighted by molar-refractivity contribution is 0.0332. The maximum atomic E-state index is 13.2. The molecule has 7 nitrogen and oxygen atoms in total. The fourth-order valence-electron chi connectivity index (χ4n) is 5.31. The normalized spacial score (nSPS) is 19.3. The first-order valence-corrected chi connectivity index (χ1v) is 12.7. The molecular formula is C28H33N3O4. The maximum absolute atomic E-state index is 13.2. The van der Waals surface area contributed by atoms with Crippen molar-refractivity contribution in [3.05, 3.63) is 70.8 Å². The first-order valence-electron chi connectivity index (χ1n) is 12.7. The minimum absolute atomic E-state index is 0.0533. The van der Waals surface area contributed by atoms with Crippen molar-refractivity contribution in [2.24, 2.45) is 5.92 Å². The predicted molar refractivity (Wildman–Crippen MR) is 132 cm³/mol. The van der Waals surface area contributed by atoms with Crippen molar-refractivity contribution >= 4 is 17.7 Å². The lowest BCUT2D eigenvalue weighted by atomic mass is 9.92. The summed E-state index contributed by atoms with van der Waals surface area (Å²) >= 11 is 0. The highest BCUT2D eigenvalue weighted by molar-refractivity contribution is 6.22. The Hall–Kier alpha value is -3.03. The Balaban J connectivity index is 1.16. The van der Waals surface area contributed by atoms with E-state index in [1.807, 2.05) is 35.2 Å². The van der Waals surface area contributed by atoms with Crippen LogP contribution in [0.4, 0.5) is 0 Å². The first-order chi connectivity index (χ1) is 17.1. The third-order valence-corrected chi connectivity index (χ3v) is 7.54. The Morgan fingerprint density at radius 3 is 2.31 bits per heavy atom. The largest absolute Gasteiger partial charge is 0.379 e. The third kappa shape index (κ3) is 5.31. The Morgan fingerprint density at radius 2 is 1.57 bits per heavy atom. The van der Waals surface area contributed by atoms with E-state index in [9.17, 15) is 14.4 Å². The zero-order valence-corrected chi connectivity index (χ0v) is 20.2. The molecule has 0 radical (unpaired) electrons.